The second-order valence-electron chi connectivity index (χ2n) is 20.5. The van der Waals surface area contributed by atoms with Crippen molar-refractivity contribution in [1.29, 1.82) is 0 Å². The maximum absolute atomic E-state index is 15.6. The molecule has 0 unspecified atom stereocenters. The summed E-state index contributed by atoms with van der Waals surface area (Å²) in [4.78, 5) is 0. The van der Waals surface area contributed by atoms with E-state index in [-0.39, 0.29) is 23.5 Å². The Morgan fingerprint density at radius 3 is 1.17 bits per heavy atom. The summed E-state index contributed by atoms with van der Waals surface area (Å²) in [6.07, 6.45) is 11.3. The number of hydrogen-bond acceptors (Lipinski definition) is 2. The molecule has 0 radical (unpaired) electrons. The van der Waals surface area contributed by atoms with Crippen LogP contribution in [0.2, 0.25) is 0 Å². The summed E-state index contributed by atoms with van der Waals surface area (Å²) in [7, 11) is 0. The Kier molecular flexibility index (Phi) is 9.89. The van der Waals surface area contributed by atoms with Crippen LogP contribution in [-0.4, -0.2) is 9.13 Å². The molecule has 0 spiro atoms. The van der Waals surface area contributed by atoms with E-state index in [1.54, 1.807) is 24.3 Å². The van der Waals surface area contributed by atoms with E-state index in [1.807, 2.05) is 46.9 Å². The molecular formula is C66H50F2N2S2. The van der Waals surface area contributed by atoms with Crippen molar-refractivity contribution >= 4 is 107 Å². The summed E-state index contributed by atoms with van der Waals surface area (Å²) >= 11 is 3.73. The molecular weight excluding hydrogens is 923 g/mol. The van der Waals surface area contributed by atoms with Gasteiger partial charge in [0.25, 0.3) is 0 Å². The van der Waals surface area contributed by atoms with Crippen LogP contribution in [0.15, 0.2) is 170 Å². The van der Waals surface area contributed by atoms with Crippen LogP contribution in [0.25, 0.3) is 118 Å². The minimum absolute atomic E-state index is 0.222. The standard InChI is InChI=1S/C66H50F2N2S2/c67-43-31-27-41(28-32-43)59-57(39-15-3-1-4-16-39)65(69-49-23-11-7-19-45(49)61-51(69)35-37-55-63(61)47-21-9-13-25-53(47)71-55)58(40-17-5-2-6-18-40)60(42-29-33-44(68)34-30-42)66(59)70-50-24-12-8-20-46(50)62-52(70)36-38-56-64(62)48-22-10-14-26-54(48)72-56/h7-14,19-40H,1-6,15-18H2. The Morgan fingerprint density at radius 2 is 0.722 bits per heavy atom. The molecule has 0 saturated heterocycles. The fourth-order valence-electron chi connectivity index (χ4n) is 13.7. The van der Waals surface area contributed by atoms with Crippen molar-refractivity contribution < 1.29 is 8.78 Å². The van der Waals surface area contributed by atoms with Gasteiger partial charge in [0.05, 0.1) is 33.4 Å². The number of halogens is 2. The third kappa shape index (κ3) is 6.34. The maximum Gasteiger partial charge on any atom is 0.123 e. The highest BCUT2D eigenvalue weighted by Crippen LogP contribution is 2.57. The molecule has 2 aliphatic rings. The number of para-hydroxylation sites is 2. The van der Waals surface area contributed by atoms with Crippen LogP contribution < -0.4 is 0 Å². The van der Waals surface area contributed by atoms with Crippen molar-refractivity contribution in [2.24, 2.45) is 0 Å². The summed E-state index contributed by atoms with van der Waals surface area (Å²) < 4.78 is 41.6. The number of fused-ring (bicyclic) bond motifs is 14. The predicted octanol–water partition coefficient (Wildman–Crippen LogP) is 20.3. The third-order valence-electron chi connectivity index (χ3n) is 16.6. The van der Waals surface area contributed by atoms with Crippen molar-refractivity contribution in [3.8, 4) is 33.6 Å². The van der Waals surface area contributed by atoms with Gasteiger partial charge in [0.15, 0.2) is 0 Å². The molecule has 6 heteroatoms. The fourth-order valence-corrected chi connectivity index (χ4v) is 15.9. The molecule has 2 saturated carbocycles. The highest BCUT2D eigenvalue weighted by molar-refractivity contribution is 7.26. The zero-order chi connectivity index (χ0) is 47.6. The molecule has 2 aliphatic carbocycles. The van der Waals surface area contributed by atoms with Crippen LogP contribution >= 0.6 is 22.7 Å². The fraction of sp³-hybridized carbons (Fsp3) is 0.182. The molecule has 0 bridgehead atoms. The predicted molar refractivity (Wildman–Crippen MR) is 303 cm³/mol. The smallest absolute Gasteiger partial charge is 0.123 e. The van der Waals surface area contributed by atoms with Gasteiger partial charge in [0.2, 0.25) is 0 Å². The lowest BCUT2D eigenvalue weighted by Crippen LogP contribution is -2.20. The van der Waals surface area contributed by atoms with E-state index in [1.165, 1.54) is 103 Å². The molecule has 9 aromatic carbocycles. The zero-order valence-corrected chi connectivity index (χ0v) is 41.5. The number of benzene rings is 9. The largest absolute Gasteiger partial charge is 0.309 e. The molecule has 2 nitrogen and oxygen atoms in total. The summed E-state index contributed by atoms with van der Waals surface area (Å²) in [5, 5.41) is 10.1. The Bertz CT molecular complexity index is 4220. The van der Waals surface area contributed by atoms with E-state index in [4.69, 9.17) is 0 Å². The van der Waals surface area contributed by atoms with Gasteiger partial charge in [-0.15, -0.1) is 22.7 Å². The van der Waals surface area contributed by atoms with Gasteiger partial charge in [-0.3, -0.25) is 0 Å². The number of thiophene rings is 2. The first-order valence-electron chi connectivity index (χ1n) is 26.0. The van der Waals surface area contributed by atoms with Crippen molar-refractivity contribution in [2.75, 3.05) is 0 Å². The van der Waals surface area contributed by atoms with Crippen molar-refractivity contribution in [2.45, 2.75) is 76.0 Å². The highest BCUT2D eigenvalue weighted by Gasteiger charge is 2.37. The van der Waals surface area contributed by atoms with E-state index in [0.29, 0.717) is 0 Å². The first-order chi connectivity index (χ1) is 35.6. The molecule has 0 N–H and O–H groups in total. The minimum Gasteiger partial charge on any atom is -0.309 e. The monoisotopic (exact) mass is 972 g/mol. The molecule has 4 heterocycles. The first kappa shape index (κ1) is 42.6. The molecule has 350 valence electrons. The molecule has 15 rings (SSSR count). The first-order valence-corrected chi connectivity index (χ1v) is 27.7. The Labute approximate surface area is 424 Å². The summed E-state index contributed by atoms with van der Waals surface area (Å²) in [5.41, 5.74) is 14.0. The molecule has 4 aromatic heterocycles. The van der Waals surface area contributed by atoms with Gasteiger partial charge in [0.1, 0.15) is 11.6 Å². The van der Waals surface area contributed by atoms with E-state index >= 15 is 8.78 Å². The van der Waals surface area contributed by atoms with E-state index in [0.717, 1.165) is 90.3 Å². The second kappa shape index (κ2) is 16.7. The lowest BCUT2D eigenvalue weighted by atomic mass is 9.72. The topological polar surface area (TPSA) is 9.86 Å². The van der Waals surface area contributed by atoms with Crippen LogP contribution in [0, 0.1) is 11.6 Å². The van der Waals surface area contributed by atoms with Gasteiger partial charge < -0.3 is 9.13 Å². The number of hydrogen-bond donors (Lipinski definition) is 0. The van der Waals surface area contributed by atoms with Crippen molar-refractivity contribution in [3.63, 3.8) is 0 Å². The van der Waals surface area contributed by atoms with Gasteiger partial charge in [-0.05, 0) is 133 Å². The number of aromatic nitrogens is 2. The van der Waals surface area contributed by atoms with Crippen LogP contribution in [0.5, 0.6) is 0 Å². The average molecular weight is 973 g/mol. The van der Waals surface area contributed by atoms with E-state index in [9.17, 15) is 0 Å². The zero-order valence-electron chi connectivity index (χ0n) is 39.9. The maximum atomic E-state index is 15.6. The van der Waals surface area contributed by atoms with Crippen LogP contribution in [-0.2, 0) is 0 Å². The van der Waals surface area contributed by atoms with Crippen molar-refractivity contribution in [1.82, 2.24) is 9.13 Å². The average Bonchev–Trinajstić information content (AvgIpc) is 4.19. The molecule has 72 heavy (non-hydrogen) atoms. The van der Waals surface area contributed by atoms with Gasteiger partial charge in [0, 0.05) is 73.0 Å². The highest BCUT2D eigenvalue weighted by atomic mass is 32.1. The van der Waals surface area contributed by atoms with Gasteiger partial charge in [-0.2, -0.15) is 0 Å². The van der Waals surface area contributed by atoms with Gasteiger partial charge in [-0.1, -0.05) is 136 Å². The lowest BCUT2D eigenvalue weighted by molar-refractivity contribution is 0.435. The Morgan fingerprint density at radius 1 is 0.333 bits per heavy atom. The molecule has 13 aromatic rings. The Hall–Kier alpha value is -7.12. The minimum atomic E-state index is -0.254. The van der Waals surface area contributed by atoms with E-state index < -0.39 is 0 Å². The SMILES string of the molecule is Fc1ccc(-c2c(C3CCCCC3)c(-n3c4ccccc4c4c5c(ccc43)sc3ccccc35)c(C3CCCCC3)c(-c3ccc(F)cc3)c2-n2c3ccccc3c3c4c(ccc32)sc2ccccc24)cc1. The van der Waals surface area contributed by atoms with Gasteiger partial charge >= 0.3 is 0 Å². The van der Waals surface area contributed by atoms with E-state index in [2.05, 4.69) is 130 Å². The second-order valence-corrected chi connectivity index (χ2v) is 22.7. The molecule has 0 aliphatic heterocycles. The lowest BCUT2D eigenvalue weighted by Gasteiger charge is -2.37. The van der Waals surface area contributed by atoms with Gasteiger partial charge in [-0.25, -0.2) is 8.78 Å². The van der Waals surface area contributed by atoms with Crippen LogP contribution in [0.1, 0.15) is 87.2 Å². The Balaban J connectivity index is 1.22. The summed E-state index contributed by atoms with van der Waals surface area (Å²) in [5.74, 6) is -0.0648. The van der Waals surface area contributed by atoms with Crippen LogP contribution in [0.3, 0.4) is 0 Å². The van der Waals surface area contributed by atoms with Crippen molar-refractivity contribution in [3.05, 3.63) is 193 Å². The molecule has 0 atom stereocenters. The van der Waals surface area contributed by atoms with Crippen LogP contribution in [0.4, 0.5) is 8.78 Å². The molecule has 0 amide bonds. The summed E-state index contributed by atoms with van der Waals surface area (Å²) in [6.45, 7) is 0. The normalized spacial score (nSPS) is 15.2. The molecule has 2 fully saturated rings. The summed E-state index contributed by atoms with van der Waals surface area (Å²) in [6, 6.07) is 60.0. The number of nitrogens with zero attached hydrogens (tertiary/aromatic N) is 2. The third-order valence-corrected chi connectivity index (χ3v) is 18.9. The quantitative estimate of drug-likeness (QED) is 0.157. The number of rotatable bonds is 6.